The molecule has 2 aromatic heterocycles. The SMILES string of the molecule is C=CCn1c(SCC(=O)Nc2cc(C(F)(F)F)cc(C(F)(F)F)c2)nnc1-c1ccco1. The Morgan fingerprint density at radius 2 is 1.78 bits per heavy atom. The molecular formula is C19H14F6N4O2S. The zero-order valence-electron chi connectivity index (χ0n) is 16.0. The van der Waals surface area contributed by atoms with Crippen molar-refractivity contribution in [1.82, 2.24) is 14.8 Å². The molecule has 0 bridgehead atoms. The van der Waals surface area contributed by atoms with E-state index in [-0.39, 0.29) is 23.5 Å². The summed E-state index contributed by atoms with van der Waals surface area (Å²) in [5.74, 6) is -0.384. The molecule has 170 valence electrons. The molecule has 0 saturated carbocycles. The standard InChI is InChI=1S/C19H14F6N4O2S/c1-2-5-29-16(14-4-3-6-31-14)27-28-17(29)32-10-15(30)26-13-8-11(18(20,21)22)7-12(9-13)19(23,24)25/h2-4,6-9H,1,5,10H2,(H,26,30). The monoisotopic (exact) mass is 476 g/mol. The van der Waals surface area contributed by atoms with Crippen LogP contribution in [0.2, 0.25) is 0 Å². The van der Waals surface area contributed by atoms with Crippen LogP contribution in [0.5, 0.6) is 0 Å². The predicted molar refractivity (Wildman–Crippen MR) is 104 cm³/mol. The Balaban J connectivity index is 1.76. The second-order valence-corrected chi connectivity index (χ2v) is 7.26. The Labute approximate surface area is 181 Å². The van der Waals surface area contributed by atoms with Crippen LogP contribution in [0.4, 0.5) is 32.0 Å². The van der Waals surface area contributed by atoms with Gasteiger partial charge in [-0.05, 0) is 30.3 Å². The average molecular weight is 476 g/mol. The molecule has 0 aliphatic carbocycles. The number of rotatable bonds is 7. The Morgan fingerprint density at radius 1 is 1.12 bits per heavy atom. The van der Waals surface area contributed by atoms with Crippen molar-refractivity contribution in [1.29, 1.82) is 0 Å². The molecule has 0 unspecified atom stereocenters. The largest absolute Gasteiger partial charge is 0.461 e. The minimum absolute atomic E-state index is 0.0155. The van der Waals surface area contributed by atoms with Gasteiger partial charge in [-0.15, -0.1) is 16.8 Å². The maximum atomic E-state index is 13.0. The van der Waals surface area contributed by atoms with E-state index < -0.39 is 35.1 Å². The third-order valence-corrected chi connectivity index (χ3v) is 4.94. The third-order valence-electron chi connectivity index (χ3n) is 3.97. The number of aromatic nitrogens is 3. The van der Waals surface area contributed by atoms with Gasteiger partial charge in [-0.2, -0.15) is 26.3 Å². The summed E-state index contributed by atoms with van der Waals surface area (Å²) in [6.07, 6.45) is -7.04. The number of hydrogen-bond donors (Lipinski definition) is 1. The van der Waals surface area contributed by atoms with Crippen LogP contribution in [0, 0.1) is 0 Å². The lowest BCUT2D eigenvalue weighted by Crippen LogP contribution is -2.17. The van der Waals surface area contributed by atoms with E-state index in [1.807, 2.05) is 0 Å². The highest BCUT2D eigenvalue weighted by Crippen LogP contribution is 2.37. The smallest absolute Gasteiger partial charge is 0.416 e. The Morgan fingerprint density at radius 3 is 2.31 bits per heavy atom. The number of hydrogen-bond acceptors (Lipinski definition) is 5. The molecule has 0 aliphatic rings. The summed E-state index contributed by atoms with van der Waals surface area (Å²) in [6.45, 7) is 3.90. The summed E-state index contributed by atoms with van der Waals surface area (Å²) in [4.78, 5) is 12.2. The number of allylic oxidation sites excluding steroid dienone is 1. The minimum atomic E-state index is -5.02. The molecule has 0 saturated heterocycles. The number of carbonyl (C=O) groups excluding carboxylic acids is 1. The number of amides is 1. The van der Waals surface area contributed by atoms with Gasteiger partial charge in [0, 0.05) is 12.2 Å². The molecule has 1 amide bonds. The predicted octanol–water partition coefficient (Wildman–Crippen LogP) is 5.49. The van der Waals surface area contributed by atoms with Crippen molar-refractivity contribution in [3.63, 3.8) is 0 Å². The van der Waals surface area contributed by atoms with Crippen LogP contribution >= 0.6 is 11.8 Å². The molecule has 1 aromatic carbocycles. The van der Waals surface area contributed by atoms with Crippen LogP contribution in [0.3, 0.4) is 0 Å². The van der Waals surface area contributed by atoms with Gasteiger partial charge in [0.05, 0.1) is 23.1 Å². The first-order valence-electron chi connectivity index (χ1n) is 8.79. The number of benzene rings is 1. The van der Waals surface area contributed by atoms with Gasteiger partial charge in [0.25, 0.3) is 0 Å². The van der Waals surface area contributed by atoms with Crippen LogP contribution in [0.25, 0.3) is 11.6 Å². The van der Waals surface area contributed by atoms with Gasteiger partial charge in [0.2, 0.25) is 11.7 Å². The van der Waals surface area contributed by atoms with Crippen molar-refractivity contribution in [2.75, 3.05) is 11.1 Å². The maximum Gasteiger partial charge on any atom is 0.416 e. The number of carbonyl (C=O) groups is 1. The number of halogens is 6. The number of nitrogens with one attached hydrogen (secondary N) is 1. The average Bonchev–Trinajstić information content (AvgIpc) is 3.35. The van der Waals surface area contributed by atoms with Gasteiger partial charge in [-0.1, -0.05) is 17.8 Å². The highest BCUT2D eigenvalue weighted by Gasteiger charge is 2.37. The van der Waals surface area contributed by atoms with Crippen LogP contribution in [0.1, 0.15) is 11.1 Å². The third kappa shape index (κ3) is 5.52. The fourth-order valence-corrected chi connectivity index (χ4v) is 3.38. The van der Waals surface area contributed by atoms with Gasteiger partial charge in [0.15, 0.2) is 10.9 Å². The number of nitrogens with zero attached hydrogens (tertiary/aromatic N) is 3. The minimum Gasteiger partial charge on any atom is -0.461 e. The molecule has 0 atom stereocenters. The van der Waals surface area contributed by atoms with Crippen LogP contribution < -0.4 is 5.32 Å². The summed E-state index contributed by atoms with van der Waals surface area (Å²) < 4.78 is 84.6. The topological polar surface area (TPSA) is 73.0 Å². The van der Waals surface area contributed by atoms with E-state index >= 15 is 0 Å². The lowest BCUT2D eigenvalue weighted by Gasteiger charge is -2.14. The maximum absolute atomic E-state index is 13.0. The van der Waals surface area contributed by atoms with Gasteiger partial charge < -0.3 is 9.73 Å². The van der Waals surface area contributed by atoms with Crippen molar-refractivity contribution in [2.24, 2.45) is 0 Å². The van der Waals surface area contributed by atoms with E-state index in [0.29, 0.717) is 23.7 Å². The molecule has 2 heterocycles. The second-order valence-electron chi connectivity index (χ2n) is 6.31. The Bertz CT molecular complexity index is 1070. The molecule has 13 heteroatoms. The lowest BCUT2D eigenvalue weighted by molar-refractivity contribution is -0.143. The Hall–Kier alpha value is -3.22. The van der Waals surface area contributed by atoms with Crippen molar-refractivity contribution in [3.05, 3.63) is 60.4 Å². The first kappa shape index (κ1) is 23.4. The number of thioether (sulfide) groups is 1. The number of anilines is 1. The highest BCUT2D eigenvalue weighted by atomic mass is 32.2. The van der Waals surface area contributed by atoms with Gasteiger partial charge in [-0.3, -0.25) is 9.36 Å². The molecule has 32 heavy (non-hydrogen) atoms. The van der Waals surface area contributed by atoms with E-state index in [0.717, 1.165) is 11.8 Å². The van der Waals surface area contributed by atoms with E-state index in [9.17, 15) is 31.1 Å². The molecule has 0 fully saturated rings. The zero-order chi connectivity index (χ0) is 23.5. The van der Waals surface area contributed by atoms with Gasteiger partial charge in [-0.25, -0.2) is 0 Å². The van der Waals surface area contributed by atoms with Crippen LogP contribution in [-0.2, 0) is 23.7 Å². The van der Waals surface area contributed by atoms with E-state index in [1.54, 1.807) is 22.8 Å². The molecule has 6 nitrogen and oxygen atoms in total. The van der Waals surface area contributed by atoms with E-state index in [4.69, 9.17) is 4.42 Å². The molecule has 1 N–H and O–H groups in total. The zero-order valence-corrected chi connectivity index (χ0v) is 16.8. The molecule has 3 rings (SSSR count). The van der Waals surface area contributed by atoms with Crippen molar-refractivity contribution in [2.45, 2.75) is 24.1 Å². The fraction of sp³-hybridized carbons (Fsp3) is 0.211. The number of alkyl halides is 6. The summed E-state index contributed by atoms with van der Waals surface area (Å²) >= 11 is 0.895. The first-order valence-corrected chi connectivity index (χ1v) is 9.77. The first-order chi connectivity index (χ1) is 15.0. The van der Waals surface area contributed by atoms with Crippen molar-refractivity contribution in [3.8, 4) is 11.6 Å². The normalized spacial score (nSPS) is 12.1. The summed E-state index contributed by atoms with van der Waals surface area (Å²) in [7, 11) is 0. The van der Waals surface area contributed by atoms with E-state index in [2.05, 4.69) is 22.1 Å². The summed E-state index contributed by atoms with van der Waals surface area (Å²) in [5, 5.41) is 10.3. The van der Waals surface area contributed by atoms with Gasteiger partial charge >= 0.3 is 12.4 Å². The Kier molecular flexibility index (Phi) is 6.67. The lowest BCUT2D eigenvalue weighted by atomic mass is 10.1. The molecule has 0 spiro atoms. The van der Waals surface area contributed by atoms with E-state index in [1.165, 1.54) is 6.26 Å². The molecular weight excluding hydrogens is 462 g/mol. The quantitative estimate of drug-likeness (QED) is 0.277. The van der Waals surface area contributed by atoms with Crippen molar-refractivity contribution >= 4 is 23.4 Å². The number of furan rings is 1. The fourth-order valence-electron chi connectivity index (χ4n) is 2.63. The summed E-state index contributed by atoms with van der Waals surface area (Å²) in [6, 6.07) is 4.15. The highest BCUT2D eigenvalue weighted by molar-refractivity contribution is 7.99. The van der Waals surface area contributed by atoms with Gasteiger partial charge in [0.1, 0.15) is 0 Å². The van der Waals surface area contributed by atoms with Crippen LogP contribution in [-0.4, -0.2) is 26.4 Å². The summed E-state index contributed by atoms with van der Waals surface area (Å²) in [5.41, 5.74) is -3.67. The second kappa shape index (κ2) is 9.10. The van der Waals surface area contributed by atoms with Crippen LogP contribution in [0.15, 0.2) is 58.8 Å². The molecule has 0 radical (unpaired) electrons. The molecule has 3 aromatic rings. The molecule has 0 aliphatic heterocycles. The van der Waals surface area contributed by atoms with Crippen molar-refractivity contribution < 1.29 is 35.6 Å².